The molecule has 1 N–H and O–H groups in total. The molecule has 10 rings (SSSR count). The van der Waals surface area contributed by atoms with Crippen molar-refractivity contribution in [2.75, 3.05) is 0 Å². The smallest absolute Gasteiger partial charge is 0.146 e. The lowest BCUT2D eigenvalue weighted by atomic mass is 9.87. The van der Waals surface area contributed by atoms with Gasteiger partial charge >= 0.3 is 0 Å². The zero-order chi connectivity index (χ0) is 40.9. The van der Waals surface area contributed by atoms with Crippen LogP contribution in [0.5, 0.6) is 0 Å². The monoisotopic (exact) mass is 768 g/mol. The molecular weight excluding hydrogens is 721 g/mol. The Hall–Kier alpha value is -6.79. The molecule has 6 heteroatoms. The molecule has 0 atom stereocenters. The van der Waals surface area contributed by atoms with Crippen LogP contribution in [0.25, 0.3) is 89.0 Å². The molecule has 10 aromatic rings. The van der Waals surface area contributed by atoms with E-state index in [1.807, 2.05) is 6.20 Å². The van der Waals surface area contributed by atoms with Crippen LogP contribution in [-0.2, 0) is 5.41 Å². The Morgan fingerprint density at radius 2 is 1.10 bits per heavy atom. The first-order valence-electron chi connectivity index (χ1n) is 20.5. The van der Waals surface area contributed by atoms with E-state index in [0.717, 1.165) is 72.7 Å². The van der Waals surface area contributed by atoms with Crippen molar-refractivity contribution in [2.45, 2.75) is 67.7 Å². The lowest BCUT2D eigenvalue weighted by molar-refractivity contribution is 0.588. The van der Waals surface area contributed by atoms with Gasteiger partial charge in [0.1, 0.15) is 17.2 Å². The minimum atomic E-state index is -0.0160. The second-order valence-corrected chi connectivity index (χ2v) is 17.5. The number of aryl methyl sites for hydroxylation is 6. The summed E-state index contributed by atoms with van der Waals surface area (Å²) >= 11 is 0. The van der Waals surface area contributed by atoms with Crippen LogP contribution in [0, 0.1) is 41.5 Å². The van der Waals surface area contributed by atoms with E-state index in [-0.39, 0.29) is 5.41 Å². The average Bonchev–Trinajstić information content (AvgIpc) is 3.87. The number of pyridine rings is 2. The van der Waals surface area contributed by atoms with Gasteiger partial charge < -0.3 is 0 Å². The van der Waals surface area contributed by atoms with E-state index in [1.54, 1.807) is 0 Å². The number of fused-ring (bicyclic) bond motifs is 6. The van der Waals surface area contributed by atoms with Crippen molar-refractivity contribution in [1.82, 2.24) is 29.3 Å². The maximum Gasteiger partial charge on any atom is 0.146 e. The number of rotatable bonds is 5. The molecule has 0 amide bonds. The molecule has 0 saturated heterocycles. The molecule has 6 nitrogen and oxygen atoms in total. The summed E-state index contributed by atoms with van der Waals surface area (Å²) in [6.45, 7) is 19.9. The first kappa shape index (κ1) is 36.5. The highest BCUT2D eigenvalue weighted by Crippen LogP contribution is 2.44. The third-order valence-corrected chi connectivity index (χ3v) is 12.1. The minimum Gasteiger partial charge on any atom is -0.294 e. The Bertz CT molecular complexity index is 3280. The molecule has 0 radical (unpaired) electrons. The van der Waals surface area contributed by atoms with Crippen LogP contribution in [0.3, 0.4) is 0 Å². The molecule has 0 fully saturated rings. The predicted octanol–water partition coefficient (Wildman–Crippen LogP) is 13.5. The number of H-pyrrole nitrogens is 1. The first-order chi connectivity index (χ1) is 28.4. The van der Waals surface area contributed by atoms with Gasteiger partial charge in [-0.1, -0.05) is 98.6 Å². The van der Waals surface area contributed by atoms with Crippen molar-refractivity contribution < 1.29 is 0 Å². The average molecular weight is 769 g/mol. The first-order valence-corrected chi connectivity index (χ1v) is 20.5. The maximum atomic E-state index is 5.60. The minimum absolute atomic E-state index is 0.0160. The number of aromatic nitrogens is 6. The van der Waals surface area contributed by atoms with E-state index in [2.05, 4.69) is 192 Å². The van der Waals surface area contributed by atoms with Crippen molar-refractivity contribution in [2.24, 2.45) is 0 Å². The highest BCUT2D eigenvalue weighted by atomic mass is 15.1. The molecule has 59 heavy (non-hydrogen) atoms. The number of nitrogens with zero attached hydrogens (tertiary/aromatic N) is 5. The normalized spacial score (nSPS) is 12.2. The summed E-state index contributed by atoms with van der Waals surface area (Å²) in [5.74, 6) is 0.909. The molecule has 0 aliphatic heterocycles. The van der Waals surface area contributed by atoms with Crippen LogP contribution in [0.4, 0.5) is 0 Å². The third kappa shape index (κ3) is 5.80. The second kappa shape index (κ2) is 13.4. The van der Waals surface area contributed by atoms with Crippen LogP contribution in [-0.4, -0.2) is 29.3 Å². The van der Waals surface area contributed by atoms with Crippen LogP contribution in [0.2, 0.25) is 0 Å². The molecule has 5 aromatic heterocycles. The van der Waals surface area contributed by atoms with E-state index < -0.39 is 0 Å². The zero-order valence-electron chi connectivity index (χ0n) is 35.3. The molecule has 0 unspecified atom stereocenters. The summed E-state index contributed by atoms with van der Waals surface area (Å²) in [6.07, 6.45) is 1.94. The van der Waals surface area contributed by atoms with Gasteiger partial charge in [0.05, 0.1) is 27.9 Å². The van der Waals surface area contributed by atoms with Crippen molar-refractivity contribution in [3.05, 3.63) is 160 Å². The van der Waals surface area contributed by atoms with Crippen molar-refractivity contribution in [3.63, 3.8) is 0 Å². The Labute approximate surface area is 345 Å². The Kier molecular flexibility index (Phi) is 8.29. The van der Waals surface area contributed by atoms with E-state index in [4.69, 9.17) is 15.1 Å². The van der Waals surface area contributed by atoms with E-state index >= 15 is 0 Å². The molecule has 290 valence electrons. The fraction of sp³-hybridized carbons (Fsp3) is 0.189. The number of nitrogens with one attached hydrogen (secondary N) is 1. The molecule has 5 aromatic carbocycles. The fourth-order valence-electron chi connectivity index (χ4n) is 9.67. The molecule has 5 heterocycles. The predicted molar refractivity (Wildman–Crippen MR) is 246 cm³/mol. The summed E-state index contributed by atoms with van der Waals surface area (Å²) in [5.41, 5.74) is 20.0. The highest BCUT2D eigenvalue weighted by molar-refractivity contribution is 6.11. The van der Waals surface area contributed by atoms with Crippen LogP contribution < -0.4 is 0 Å². The number of hydrogen-bond donors (Lipinski definition) is 1. The van der Waals surface area contributed by atoms with Crippen molar-refractivity contribution in [1.29, 1.82) is 0 Å². The quantitative estimate of drug-likeness (QED) is 0.190. The molecule has 0 bridgehead atoms. The fourth-order valence-corrected chi connectivity index (χ4v) is 9.67. The summed E-state index contributed by atoms with van der Waals surface area (Å²) in [4.78, 5) is 10.6. The van der Waals surface area contributed by atoms with Gasteiger partial charge in [0.15, 0.2) is 0 Å². The lowest BCUT2D eigenvalue weighted by Crippen LogP contribution is -2.12. The van der Waals surface area contributed by atoms with Crippen molar-refractivity contribution >= 4 is 43.7 Å². The summed E-state index contributed by atoms with van der Waals surface area (Å²) in [7, 11) is 0. The van der Waals surface area contributed by atoms with E-state index in [0.29, 0.717) is 0 Å². The van der Waals surface area contributed by atoms with E-state index in [1.165, 1.54) is 55.3 Å². The number of aromatic amines is 1. The largest absolute Gasteiger partial charge is 0.294 e. The van der Waals surface area contributed by atoms with Gasteiger partial charge in [-0.2, -0.15) is 5.10 Å². The number of para-hydroxylation sites is 2. The number of hydrogen-bond acceptors (Lipinski definition) is 3. The van der Waals surface area contributed by atoms with Gasteiger partial charge in [-0.25, -0.2) is 9.97 Å². The third-order valence-electron chi connectivity index (χ3n) is 12.1. The van der Waals surface area contributed by atoms with E-state index in [9.17, 15) is 0 Å². The standard InChI is InChI=1S/C53H48N6/c1-30-24-32(3)47(33(4)25-30)49-50(56-57-51(49)48-34(5)26-31(2)27-35(48)6)42-21-20-41-39-15-11-12-16-43(39)58(52(41)55-42)37-18-19-40-38-14-10-13-17-44(38)59(45(40)29-37)46-28-36(22-23-54-46)53(7,8)9/h10-29H,1-9H3,(H,56,57). The Morgan fingerprint density at radius 1 is 0.525 bits per heavy atom. The number of benzene rings is 5. The molecule has 0 saturated carbocycles. The van der Waals surface area contributed by atoms with Gasteiger partial charge in [-0.3, -0.25) is 14.2 Å². The molecule has 0 aliphatic rings. The zero-order valence-corrected chi connectivity index (χ0v) is 35.3. The molecule has 0 spiro atoms. The van der Waals surface area contributed by atoms with Gasteiger partial charge in [0.25, 0.3) is 0 Å². The van der Waals surface area contributed by atoms with Gasteiger partial charge in [0, 0.05) is 44.6 Å². The summed E-state index contributed by atoms with van der Waals surface area (Å²) < 4.78 is 4.64. The summed E-state index contributed by atoms with van der Waals surface area (Å²) in [6, 6.07) is 41.9. The van der Waals surface area contributed by atoms with Gasteiger partial charge in [0.2, 0.25) is 0 Å². The second-order valence-electron chi connectivity index (χ2n) is 17.5. The summed E-state index contributed by atoms with van der Waals surface area (Å²) in [5, 5.41) is 13.3. The van der Waals surface area contributed by atoms with Gasteiger partial charge in [-0.15, -0.1) is 0 Å². The topological polar surface area (TPSA) is 64.3 Å². The van der Waals surface area contributed by atoms with Crippen LogP contribution in [0.15, 0.2) is 121 Å². The van der Waals surface area contributed by atoms with Crippen LogP contribution >= 0.6 is 0 Å². The Balaban J connectivity index is 1.24. The maximum absolute atomic E-state index is 5.60. The Morgan fingerprint density at radius 3 is 1.76 bits per heavy atom. The van der Waals surface area contributed by atoms with Crippen LogP contribution in [0.1, 0.15) is 59.7 Å². The van der Waals surface area contributed by atoms with Crippen molar-refractivity contribution in [3.8, 4) is 45.3 Å². The lowest BCUT2D eigenvalue weighted by Gasteiger charge is -2.20. The SMILES string of the molecule is Cc1cc(C)c(-c2n[nH]c(-c3ccc4c5ccccc5n(-c5ccc6c7ccccc7n(-c7cc(C(C)(C)C)ccn7)c6c5)c4n3)c2-c2c(C)cc(C)cc2C)c(C)c1. The molecular formula is C53H48N6. The highest BCUT2D eigenvalue weighted by Gasteiger charge is 2.26. The molecule has 0 aliphatic carbocycles. The van der Waals surface area contributed by atoms with Gasteiger partial charge in [-0.05, 0) is 129 Å².